The van der Waals surface area contributed by atoms with Crippen molar-refractivity contribution in [3.8, 4) is 0 Å². The molecule has 0 bridgehead atoms. The van der Waals surface area contributed by atoms with Crippen LogP contribution in [0.25, 0.3) is 0 Å². The van der Waals surface area contributed by atoms with Crippen molar-refractivity contribution in [3.63, 3.8) is 0 Å². The van der Waals surface area contributed by atoms with Crippen LogP contribution in [0.15, 0.2) is 0 Å². The second-order valence-corrected chi connectivity index (χ2v) is 3.68. The summed E-state index contributed by atoms with van der Waals surface area (Å²) in [7, 11) is 3.54. The zero-order valence-electron chi connectivity index (χ0n) is 8.71. The Morgan fingerprint density at radius 1 is 1.23 bits per heavy atom. The number of rotatable bonds is 7. The van der Waals surface area contributed by atoms with Gasteiger partial charge in [-0.3, -0.25) is 0 Å². The number of unbranched alkanes of at least 4 members (excludes halogenated alkanes) is 1. The molecule has 1 fully saturated rings. The summed E-state index contributed by atoms with van der Waals surface area (Å²) in [6, 6.07) is 0.701. The van der Waals surface area contributed by atoms with Crippen LogP contribution >= 0.6 is 0 Å². The fraction of sp³-hybridized carbons (Fsp3) is 1.00. The highest BCUT2D eigenvalue weighted by atomic mass is 16.5. The van der Waals surface area contributed by atoms with Crippen molar-refractivity contribution >= 4 is 0 Å². The van der Waals surface area contributed by atoms with Gasteiger partial charge < -0.3 is 14.8 Å². The van der Waals surface area contributed by atoms with Gasteiger partial charge in [0.1, 0.15) is 0 Å². The molecule has 1 N–H and O–H groups in total. The van der Waals surface area contributed by atoms with Gasteiger partial charge in [0.25, 0.3) is 0 Å². The van der Waals surface area contributed by atoms with Crippen molar-refractivity contribution in [2.75, 3.05) is 27.4 Å². The van der Waals surface area contributed by atoms with E-state index in [0.717, 1.165) is 19.6 Å². The minimum absolute atomic E-state index is 0.511. The van der Waals surface area contributed by atoms with E-state index in [4.69, 9.17) is 9.47 Å². The first-order chi connectivity index (χ1) is 6.36. The first kappa shape index (κ1) is 11.0. The summed E-state index contributed by atoms with van der Waals surface area (Å²) in [4.78, 5) is 0. The third kappa shape index (κ3) is 4.07. The van der Waals surface area contributed by atoms with Crippen molar-refractivity contribution in [2.24, 2.45) is 0 Å². The number of ether oxygens (including phenoxy) is 2. The van der Waals surface area contributed by atoms with Crippen molar-refractivity contribution < 1.29 is 9.47 Å². The highest BCUT2D eigenvalue weighted by Gasteiger charge is 2.27. The van der Waals surface area contributed by atoms with Crippen LogP contribution in [0.3, 0.4) is 0 Å². The van der Waals surface area contributed by atoms with Gasteiger partial charge in [-0.25, -0.2) is 0 Å². The van der Waals surface area contributed by atoms with E-state index < -0.39 is 0 Å². The topological polar surface area (TPSA) is 30.5 Å². The normalized spacial score (nSPS) is 27.2. The summed E-state index contributed by atoms with van der Waals surface area (Å²) in [6.07, 6.45) is 5.24. The van der Waals surface area contributed by atoms with E-state index in [1.807, 2.05) is 0 Å². The Morgan fingerprint density at radius 2 is 2.00 bits per heavy atom. The number of nitrogens with one attached hydrogen (secondary N) is 1. The Balaban J connectivity index is 1.80. The summed E-state index contributed by atoms with van der Waals surface area (Å²) in [5, 5.41) is 3.51. The third-order valence-electron chi connectivity index (χ3n) is 2.64. The Bertz CT molecular complexity index is 124. The van der Waals surface area contributed by atoms with Gasteiger partial charge >= 0.3 is 0 Å². The first-order valence-electron chi connectivity index (χ1n) is 5.12. The summed E-state index contributed by atoms with van der Waals surface area (Å²) >= 11 is 0. The maximum absolute atomic E-state index is 5.20. The first-order valence-corrected chi connectivity index (χ1v) is 5.12. The molecule has 0 saturated heterocycles. The number of methoxy groups -OCH3 is 2. The van der Waals surface area contributed by atoms with Gasteiger partial charge in [-0.15, -0.1) is 0 Å². The van der Waals surface area contributed by atoms with Gasteiger partial charge in [0.05, 0.1) is 6.10 Å². The van der Waals surface area contributed by atoms with Crippen LogP contribution < -0.4 is 5.32 Å². The molecule has 0 aromatic rings. The molecule has 0 radical (unpaired) electrons. The SMILES string of the molecule is COCCCCNC1CC(OC)C1. The minimum Gasteiger partial charge on any atom is -0.385 e. The average Bonchev–Trinajstić information content (AvgIpc) is 2.08. The van der Waals surface area contributed by atoms with Crippen LogP contribution in [0, 0.1) is 0 Å². The molecule has 3 heteroatoms. The number of hydrogen-bond donors (Lipinski definition) is 1. The molecule has 0 spiro atoms. The smallest absolute Gasteiger partial charge is 0.0601 e. The van der Waals surface area contributed by atoms with Crippen molar-refractivity contribution in [3.05, 3.63) is 0 Å². The Morgan fingerprint density at radius 3 is 2.62 bits per heavy atom. The number of hydrogen-bond acceptors (Lipinski definition) is 3. The molecule has 13 heavy (non-hydrogen) atoms. The lowest BCUT2D eigenvalue weighted by atomic mass is 9.89. The van der Waals surface area contributed by atoms with Crippen LogP contribution in [-0.4, -0.2) is 39.5 Å². The molecule has 0 aliphatic heterocycles. The molecule has 0 atom stereocenters. The Hall–Kier alpha value is -0.120. The van der Waals surface area contributed by atoms with E-state index in [0.29, 0.717) is 12.1 Å². The molecule has 0 aromatic heterocycles. The van der Waals surface area contributed by atoms with Gasteiger partial charge in [-0.2, -0.15) is 0 Å². The van der Waals surface area contributed by atoms with Crippen LogP contribution in [0.1, 0.15) is 25.7 Å². The fourth-order valence-corrected chi connectivity index (χ4v) is 1.60. The van der Waals surface area contributed by atoms with Crippen molar-refractivity contribution in [2.45, 2.75) is 37.8 Å². The van der Waals surface area contributed by atoms with Gasteiger partial charge in [0, 0.05) is 26.9 Å². The summed E-state index contributed by atoms with van der Waals surface area (Å²) in [5.74, 6) is 0. The Labute approximate surface area is 80.8 Å². The monoisotopic (exact) mass is 187 g/mol. The standard InChI is InChI=1S/C10H21NO2/c1-12-6-4-3-5-11-9-7-10(8-9)13-2/h9-11H,3-8H2,1-2H3. The van der Waals surface area contributed by atoms with Crippen LogP contribution in [0.5, 0.6) is 0 Å². The minimum atomic E-state index is 0.511. The maximum atomic E-state index is 5.20. The predicted molar refractivity (Wildman–Crippen MR) is 52.9 cm³/mol. The molecule has 0 amide bonds. The van der Waals surface area contributed by atoms with Crippen molar-refractivity contribution in [1.29, 1.82) is 0 Å². The summed E-state index contributed by atoms with van der Waals surface area (Å²) in [5.41, 5.74) is 0. The van der Waals surface area contributed by atoms with Gasteiger partial charge in [-0.05, 0) is 32.2 Å². The van der Waals surface area contributed by atoms with Gasteiger partial charge in [0.2, 0.25) is 0 Å². The molecule has 1 rings (SSSR count). The van der Waals surface area contributed by atoms with E-state index >= 15 is 0 Å². The zero-order chi connectivity index (χ0) is 9.52. The Kier molecular flexibility index (Phi) is 5.35. The molecule has 0 unspecified atom stereocenters. The molecule has 3 nitrogen and oxygen atoms in total. The largest absolute Gasteiger partial charge is 0.385 e. The van der Waals surface area contributed by atoms with E-state index in [1.54, 1.807) is 14.2 Å². The van der Waals surface area contributed by atoms with Crippen LogP contribution in [-0.2, 0) is 9.47 Å². The second-order valence-electron chi connectivity index (χ2n) is 3.68. The average molecular weight is 187 g/mol. The fourth-order valence-electron chi connectivity index (χ4n) is 1.60. The molecule has 1 aliphatic carbocycles. The van der Waals surface area contributed by atoms with E-state index in [2.05, 4.69) is 5.32 Å². The van der Waals surface area contributed by atoms with Gasteiger partial charge in [-0.1, -0.05) is 0 Å². The van der Waals surface area contributed by atoms with Crippen molar-refractivity contribution in [1.82, 2.24) is 5.32 Å². The van der Waals surface area contributed by atoms with Crippen LogP contribution in [0.4, 0.5) is 0 Å². The van der Waals surface area contributed by atoms with E-state index in [-0.39, 0.29) is 0 Å². The highest BCUT2D eigenvalue weighted by molar-refractivity contribution is 4.85. The van der Waals surface area contributed by atoms with Crippen LogP contribution in [0.2, 0.25) is 0 Å². The predicted octanol–water partition coefficient (Wildman–Crippen LogP) is 1.18. The summed E-state index contributed by atoms with van der Waals surface area (Å²) in [6.45, 7) is 2.00. The van der Waals surface area contributed by atoms with E-state index in [9.17, 15) is 0 Å². The molecule has 0 heterocycles. The quantitative estimate of drug-likeness (QED) is 0.607. The summed E-state index contributed by atoms with van der Waals surface area (Å²) < 4.78 is 10.2. The molecule has 0 aromatic carbocycles. The molecule has 1 aliphatic rings. The molecule has 78 valence electrons. The molecule has 1 saturated carbocycles. The lowest BCUT2D eigenvalue weighted by Gasteiger charge is -2.34. The lowest BCUT2D eigenvalue weighted by Crippen LogP contribution is -2.45. The maximum Gasteiger partial charge on any atom is 0.0601 e. The molecular weight excluding hydrogens is 166 g/mol. The lowest BCUT2D eigenvalue weighted by molar-refractivity contribution is 0.0174. The highest BCUT2D eigenvalue weighted by Crippen LogP contribution is 2.22. The molecular formula is C10H21NO2. The third-order valence-corrected chi connectivity index (χ3v) is 2.64. The van der Waals surface area contributed by atoms with Gasteiger partial charge in [0.15, 0.2) is 0 Å². The van der Waals surface area contributed by atoms with E-state index in [1.165, 1.54) is 19.3 Å². The zero-order valence-corrected chi connectivity index (χ0v) is 8.71. The second kappa shape index (κ2) is 6.35.